The van der Waals surface area contributed by atoms with Crippen molar-refractivity contribution < 1.29 is 0 Å². The van der Waals surface area contributed by atoms with Crippen LogP contribution in [0.2, 0.25) is 0 Å². The minimum absolute atomic E-state index is 0.0299. The van der Waals surface area contributed by atoms with Gasteiger partial charge in [-0.15, -0.1) is 0 Å². The van der Waals surface area contributed by atoms with Crippen molar-refractivity contribution in [3.05, 3.63) is 34.6 Å². The number of anilines is 3. The maximum atomic E-state index is 5.86. The summed E-state index contributed by atoms with van der Waals surface area (Å²) in [5, 5.41) is 0. The van der Waals surface area contributed by atoms with Crippen molar-refractivity contribution in [2.45, 2.75) is 19.3 Å². The van der Waals surface area contributed by atoms with Crippen LogP contribution in [0.1, 0.15) is 19.4 Å². The molecule has 3 N–H and O–H groups in total. The van der Waals surface area contributed by atoms with Gasteiger partial charge < -0.3 is 15.6 Å². The molecule has 0 radical (unpaired) electrons. The molecule has 2 aromatic heterocycles. The van der Waals surface area contributed by atoms with Crippen LogP contribution >= 0.6 is 15.9 Å². The second-order valence-electron chi connectivity index (χ2n) is 6.14. The van der Waals surface area contributed by atoms with E-state index in [2.05, 4.69) is 72.8 Å². The highest BCUT2D eigenvalue weighted by Crippen LogP contribution is 2.45. The molecule has 3 aromatic rings. The van der Waals surface area contributed by atoms with E-state index in [9.17, 15) is 0 Å². The van der Waals surface area contributed by atoms with Gasteiger partial charge in [-0.3, -0.25) is 0 Å². The first-order valence-electron chi connectivity index (χ1n) is 7.00. The number of fused-ring (bicyclic) bond motifs is 2. The van der Waals surface area contributed by atoms with E-state index < -0.39 is 0 Å². The second kappa shape index (κ2) is 4.42. The van der Waals surface area contributed by atoms with Crippen molar-refractivity contribution in [3.8, 4) is 0 Å². The highest BCUT2D eigenvalue weighted by molar-refractivity contribution is 9.10. The van der Waals surface area contributed by atoms with Crippen molar-refractivity contribution >= 4 is 44.5 Å². The Hall–Kier alpha value is -2.15. The predicted molar refractivity (Wildman–Crippen MR) is 90.3 cm³/mol. The van der Waals surface area contributed by atoms with Crippen LogP contribution in [-0.2, 0) is 5.41 Å². The summed E-state index contributed by atoms with van der Waals surface area (Å²) < 4.78 is 1.04. The number of H-pyrrole nitrogens is 1. The van der Waals surface area contributed by atoms with E-state index in [4.69, 9.17) is 5.73 Å². The number of aromatic amines is 1. The predicted octanol–water partition coefficient (Wildman–Crippen LogP) is 3.13. The Balaban J connectivity index is 1.97. The van der Waals surface area contributed by atoms with Gasteiger partial charge in [-0.05, 0) is 17.7 Å². The third kappa shape index (κ3) is 1.89. The standard InChI is InChI=1S/C15H15BrN6/c1-15(2)6-22(10-5-8(16)3-4-9(10)15)13-11-12(19-7-18-11)20-14(17)21-13/h3-5,7H,6H2,1-2H3,(H3,17,18,19,20,21). The van der Waals surface area contributed by atoms with Crippen molar-refractivity contribution in [3.63, 3.8) is 0 Å². The first-order valence-corrected chi connectivity index (χ1v) is 7.79. The van der Waals surface area contributed by atoms with Crippen LogP contribution in [0, 0.1) is 0 Å². The number of hydrogen-bond acceptors (Lipinski definition) is 5. The number of nitrogen functional groups attached to an aromatic ring is 1. The summed E-state index contributed by atoms with van der Waals surface area (Å²) in [5.74, 6) is 1.00. The fourth-order valence-electron chi connectivity index (χ4n) is 3.08. The van der Waals surface area contributed by atoms with E-state index in [1.54, 1.807) is 6.33 Å². The molecule has 0 saturated heterocycles. The minimum Gasteiger partial charge on any atom is -0.368 e. The average Bonchev–Trinajstić information content (AvgIpc) is 3.00. The van der Waals surface area contributed by atoms with Crippen LogP contribution in [0.25, 0.3) is 11.2 Å². The molecule has 4 rings (SSSR count). The van der Waals surface area contributed by atoms with Crippen LogP contribution in [0.4, 0.5) is 17.5 Å². The molecule has 0 spiro atoms. The zero-order chi connectivity index (χ0) is 15.5. The van der Waals surface area contributed by atoms with Crippen molar-refractivity contribution in [2.24, 2.45) is 0 Å². The van der Waals surface area contributed by atoms with Gasteiger partial charge in [0.2, 0.25) is 5.95 Å². The number of nitrogens with one attached hydrogen (secondary N) is 1. The van der Waals surface area contributed by atoms with Gasteiger partial charge in [0.25, 0.3) is 0 Å². The molecule has 0 unspecified atom stereocenters. The van der Waals surface area contributed by atoms with Gasteiger partial charge in [0.05, 0.1) is 6.33 Å². The number of benzene rings is 1. The molecule has 1 aliphatic rings. The summed E-state index contributed by atoms with van der Waals surface area (Å²) >= 11 is 3.55. The Bertz CT molecular complexity index is 885. The summed E-state index contributed by atoms with van der Waals surface area (Å²) in [6.45, 7) is 5.28. The van der Waals surface area contributed by atoms with Gasteiger partial charge >= 0.3 is 0 Å². The fraction of sp³-hybridized carbons (Fsp3) is 0.267. The molecule has 7 heteroatoms. The first-order chi connectivity index (χ1) is 10.5. The Labute approximate surface area is 135 Å². The number of hydrogen-bond donors (Lipinski definition) is 2. The van der Waals surface area contributed by atoms with Crippen molar-refractivity contribution in [2.75, 3.05) is 17.2 Å². The molecule has 3 heterocycles. The average molecular weight is 359 g/mol. The Kier molecular flexibility index (Phi) is 2.72. The summed E-state index contributed by atoms with van der Waals surface area (Å²) in [6.07, 6.45) is 1.62. The Morgan fingerprint density at radius 1 is 1.32 bits per heavy atom. The molecule has 0 fully saturated rings. The Morgan fingerprint density at radius 2 is 2.14 bits per heavy atom. The number of rotatable bonds is 1. The molecular weight excluding hydrogens is 344 g/mol. The largest absolute Gasteiger partial charge is 0.368 e. The van der Waals surface area contributed by atoms with Crippen LogP contribution in [0.5, 0.6) is 0 Å². The van der Waals surface area contributed by atoms with Gasteiger partial charge in [-0.1, -0.05) is 35.8 Å². The lowest BCUT2D eigenvalue weighted by Crippen LogP contribution is -2.26. The lowest BCUT2D eigenvalue weighted by atomic mass is 9.87. The number of halogens is 1. The van der Waals surface area contributed by atoms with Crippen LogP contribution in [-0.4, -0.2) is 26.5 Å². The monoisotopic (exact) mass is 358 g/mol. The molecule has 0 aliphatic carbocycles. The number of nitrogens with two attached hydrogens (primary N) is 1. The lowest BCUT2D eigenvalue weighted by Gasteiger charge is -2.22. The summed E-state index contributed by atoms with van der Waals surface area (Å²) in [5.41, 5.74) is 9.70. The third-order valence-electron chi connectivity index (χ3n) is 4.07. The molecule has 22 heavy (non-hydrogen) atoms. The lowest BCUT2D eigenvalue weighted by molar-refractivity contribution is 0.568. The normalized spacial score (nSPS) is 16.2. The molecule has 0 atom stereocenters. The van der Waals surface area contributed by atoms with E-state index in [1.807, 2.05) is 0 Å². The maximum Gasteiger partial charge on any atom is 0.224 e. The summed E-state index contributed by atoms with van der Waals surface area (Å²) in [4.78, 5) is 18.1. The molecule has 0 saturated carbocycles. The van der Waals surface area contributed by atoms with Crippen LogP contribution in [0.15, 0.2) is 29.0 Å². The van der Waals surface area contributed by atoms with Gasteiger partial charge in [-0.25, -0.2) is 4.98 Å². The zero-order valence-corrected chi connectivity index (χ0v) is 13.8. The molecular formula is C15H15BrN6. The van der Waals surface area contributed by atoms with Gasteiger partial charge in [0, 0.05) is 22.1 Å². The molecule has 0 bridgehead atoms. The van der Waals surface area contributed by atoms with Gasteiger partial charge in [0.15, 0.2) is 11.5 Å². The molecule has 0 amide bonds. The minimum atomic E-state index is 0.0299. The zero-order valence-electron chi connectivity index (χ0n) is 12.3. The van der Waals surface area contributed by atoms with E-state index in [1.165, 1.54) is 5.56 Å². The molecule has 6 nitrogen and oxygen atoms in total. The Morgan fingerprint density at radius 3 is 2.95 bits per heavy atom. The molecule has 112 valence electrons. The maximum absolute atomic E-state index is 5.86. The summed E-state index contributed by atoms with van der Waals surface area (Å²) in [7, 11) is 0. The van der Waals surface area contributed by atoms with E-state index >= 15 is 0 Å². The third-order valence-corrected chi connectivity index (χ3v) is 4.57. The fourth-order valence-corrected chi connectivity index (χ4v) is 3.43. The van der Waals surface area contributed by atoms with Gasteiger partial charge in [-0.2, -0.15) is 9.97 Å². The van der Waals surface area contributed by atoms with Crippen molar-refractivity contribution in [1.29, 1.82) is 0 Å². The molecule has 1 aromatic carbocycles. The van der Waals surface area contributed by atoms with Crippen molar-refractivity contribution in [1.82, 2.24) is 19.9 Å². The van der Waals surface area contributed by atoms with E-state index in [0.717, 1.165) is 28.0 Å². The van der Waals surface area contributed by atoms with Gasteiger partial charge in [0.1, 0.15) is 5.52 Å². The SMILES string of the molecule is CC1(C)CN(c2nc(N)nc3nc[nH]c23)c2cc(Br)ccc21. The van der Waals surface area contributed by atoms with E-state index in [-0.39, 0.29) is 11.4 Å². The quantitative estimate of drug-likeness (QED) is 0.698. The topological polar surface area (TPSA) is 83.7 Å². The smallest absolute Gasteiger partial charge is 0.224 e. The number of nitrogens with zero attached hydrogens (tertiary/aromatic N) is 4. The highest BCUT2D eigenvalue weighted by atomic mass is 79.9. The first kappa shape index (κ1) is 13.5. The number of aromatic nitrogens is 4. The molecule has 1 aliphatic heterocycles. The number of imidazole rings is 1. The summed E-state index contributed by atoms with van der Waals surface area (Å²) in [6, 6.07) is 6.35. The highest BCUT2D eigenvalue weighted by Gasteiger charge is 2.37. The second-order valence-corrected chi connectivity index (χ2v) is 7.05. The van der Waals surface area contributed by atoms with E-state index in [0.29, 0.717) is 5.65 Å². The van der Waals surface area contributed by atoms with Crippen LogP contribution < -0.4 is 10.6 Å². The van der Waals surface area contributed by atoms with Crippen LogP contribution in [0.3, 0.4) is 0 Å².